The molecule has 158 valence electrons. The topological polar surface area (TPSA) is 49.3 Å². The molecule has 0 bridgehead atoms. The van der Waals surface area contributed by atoms with E-state index in [0.717, 1.165) is 77.1 Å². The molecular weight excluding hydrogens is 340 g/mol. The maximum Gasteiger partial charge on any atom is 0.193 e. The summed E-state index contributed by atoms with van der Waals surface area (Å²) in [6, 6.07) is 0.749. The summed E-state index contributed by atoms with van der Waals surface area (Å²) in [5, 5.41) is 3.48. The van der Waals surface area contributed by atoms with Crippen molar-refractivity contribution >= 4 is 5.96 Å². The van der Waals surface area contributed by atoms with Crippen LogP contribution in [0.2, 0.25) is 0 Å². The number of nitrogens with one attached hydrogen (secondary N) is 1. The molecule has 2 rings (SSSR count). The molecule has 2 aliphatic rings. The maximum absolute atomic E-state index is 5.98. The third kappa shape index (κ3) is 8.36. The van der Waals surface area contributed by atoms with Crippen LogP contribution in [0, 0.1) is 0 Å². The van der Waals surface area contributed by atoms with E-state index < -0.39 is 0 Å². The van der Waals surface area contributed by atoms with Gasteiger partial charge in [0.25, 0.3) is 0 Å². The van der Waals surface area contributed by atoms with Gasteiger partial charge in [0.15, 0.2) is 5.96 Å². The summed E-state index contributed by atoms with van der Waals surface area (Å²) in [5.41, 5.74) is 0. The van der Waals surface area contributed by atoms with Gasteiger partial charge in [-0.1, -0.05) is 6.42 Å². The summed E-state index contributed by atoms with van der Waals surface area (Å²) < 4.78 is 11.1. The molecular formula is C21H42N4O2. The molecule has 2 aliphatic heterocycles. The molecule has 0 radical (unpaired) electrons. The minimum Gasteiger partial charge on any atom is -0.385 e. The summed E-state index contributed by atoms with van der Waals surface area (Å²) in [5.74, 6) is 1.09. The zero-order chi connectivity index (χ0) is 19.3. The van der Waals surface area contributed by atoms with E-state index >= 15 is 0 Å². The molecule has 0 spiro atoms. The van der Waals surface area contributed by atoms with Crippen molar-refractivity contribution in [3.63, 3.8) is 0 Å². The van der Waals surface area contributed by atoms with E-state index in [0.29, 0.717) is 6.10 Å². The number of guanidine groups is 1. The summed E-state index contributed by atoms with van der Waals surface area (Å²) >= 11 is 0. The van der Waals surface area contributed by atoms with Crippen LogP contribution in [0.5, 0.6) is 0 Å². The first-order valence-electron chi connectivity index (χ1n) is 11.1. The normalized spacial score (nSPS) is 23.0. The third-order valence-corrected chi connectivity index (χ3v) is 5.73. The molecule has 0 amide bonds. The number of piperidine rings is 2. The number of hydrogen-bond donors (Lipinski definition) is 1. The fraction of sp³-hybridized carbons (Fsp3) is 0.952. The number of likely N-dealkylation sites (tertiary alicyclic amines) is 2. The van der Waals surface area contributed by atoms with E-state index in [-0.39, 0.29) is 0 Å². The summed E-state index contributed by atoms with van der Waals surface area (Å²) in [6.07, 6.45) is 8.81. The monoisotopic (exact) mass is 382 g/mol. The van der Waals surface area contributed by atoms with Crippen LogP contribution in [-0.4, -0.2) is 87.5 Å². The second-order valence-electron chi connectivity index (χ2n) is 7.87. The number of aliphatic imine (C=N–C) groups is 1. The molecule has 6 heteroatoms. The van der Waals surface area contributed by atoms with Crippen molar-refractivity contribution in [3.8, 4) is 0 Å². The van der Waals surface area contributed by atoms with Crippen molar-refractivity contribution in [2.24, 2.45) is 4.99 Å². The van der Waals surface area contributed by atoms with Crippen LogP contribution >= 0.6 is 0 Å². The van der Waals surface area contributed by atoms with Crippen molar-refractivity contribution < 1.29 is 9.47 Å². The van der Waals surface area contributed by atoms with Crippen LogP contribution in [0.1, 0.15) is 58.8 Å². The minimum atomic E-state index is 0.390. The molecule has 2 saturated heterocycles. The van der Waals surface area contributed by atoms with Gasteiger partial charge < -0.3 is 24.6 Å². The van der Waals surface area contributed by atoms with Gasteiger partial charge >= 0.3 is 0 Å². The first-order valence-corrected chi connectivity index (χ1v) is 11.1. The van der Waals surface area contributed by atoms with Gasteiger partial charge in [0.1, 0.15) is 0 Å². The van der Waals surface area contributed by atoms with Gasteiger partial charge in [-0.15, -0.1) is 0 Å². The Labute approximate surface area is 166 Å². The van der Waals surface area contributed by atoms with Crippen molar-refractivity contribution in [3.05, 3.63) is 0 Å². The molecule has 0 aromatic heterocycles. The number of ether oxygens (including phenoxy) is 2. The van der Waals surface area contributed by atoms with Gasteiger partial charge in [0.05, 0.1) is 6.10 Å². The summed E-state index contributed by atoms with van der Waals surface area (Å²) in [6.45, 7) is 12.5. The number of methoxy groups -OCH3 is 1. The van der Waals surface area contributed by atoms with Gasteiger partial charge in [-0.2, -0.15) is 0 Å². The Morgan fingerprint density at radius 1 is 1.07 bits per heavy atom. The highest BCUT2D eigenvalue weighted by Gasteiger charge is 2.22. The van der Waals surface area contributed by atoms with Crippen LogP contribution in [0.4, 0.5) is 0 Å². The van der Waals surface area contributed by atoms with Gasteiger partial charge in [0.2, 0.25) is 0 Å². The Morgan fingerprint density at radius 2 is 1.89 bits per heavy atom. The van der Waals surface area contributed by atoms with E-state index in [1.54, 1.807) is 7.11 Å². The lowest BCUT2D eigenvalue weighted by Gasteiger charge is -2.34. The molecule has 2 heterocycles. The average Bonchev–Trinajstić information content (AvgIpc) is 2.69. The fourth-order valence-corrected chi connectivity index (χ4v) is 4.06. The fourth-order valence-electron chi connectivity index (χ4n) is 4.06. The van der Waals surface area contributed by atoms with Crippen LogP contribution < -0.4 is 5.32 Å². The van der Waals surface area contributed by atoms with E-state index in [2.05, 4.69) is 29.0 Å². The number of rotatable bonds is 10. The highest BCUT2D eigenvalue weighted by atomic mass is 16.5. The maximum atomic E-state index is 5.98. The van der Waals surface area contributed by atoms with Gasteiger partial charge in [-0.3, -0.25) is 4.99 Å². The molecule has 1 unspecified atom stereocenters. The highest BCUT2D eigenvalue weighted by molar-refractivity contribution is 5.80. The largest absolute Gasteiger partial charge is 0.385 e. The zero-order valence-corrected chi connectivity index (χ0v) is 17.9. The number of nitrogens with zero attached hydrogens (tertiary/aromatic N) is 3. The summed E-state index contributed by atoms with van der Waals surface area (Å²) in [4.78, 5) is 9.95. The minimum absolute atomic E-state index is 0.390. The van der Waals surface area contributed by atoms with Crippen molar-refractivity contribution in [2.45, 2.75) is 70.9 Å². The lowest BCUT2D eigenvalue weighted by molar-refractivity contribution is 0.00990. The zero-order valence-electron chi connectivity index (χ0n) is 17.9. The Kier molecular flexibility index (Phi) is 11.1. The second kappa shape index (κ2) is 13.3. The van der Waals surface area contributed by atoms with Crippen molar-refractivity contribution in [2.75, 3.05) is 59.6 Å². The Bertz CT molecular complexity index is 411. The van der Waals surface area contributed by atoms with Crippen molar-refractivity contribution in [1.29, 1.82) is 0 Å². The van der Waals surface area contributed by atoms with E-state index in [1.165, 1.54) is 32.4 Å². The second-order valence-corrected chi connectivity index (χ2v) is 7.87. The predicted molar refractivity (Wildman–Crippen MR) is 113 cm³/mol. The molecule has 6 nitrogen and oxygen atoms in total. The Hall–Kier alpha value is -0.850. The standard InChI is InChI=1S/C21H42N4O2/c1-4-22-21(23-12-7-14-24-13-6-5-9-19(24)2)25-15-10-20(11-16-25)27-18-8-17-26-3/h19-20H,4-18H2,1-3H3,(H,22,23). The van der Waals surface area contributed by atoms with Gasteiger partial charge in [-0.05, 0) is 58.9 Å². The number of hydrogen-bond acceptors (Lipinski definition) is 4. The van der Waals surface area contributed by atoms with Crippen LogP contribution in [0.15, 0.2) is 4.99 Å². The molecule has 0 aromatic rings. The molecule has 2 fully saturated rings. The molecule has 0 aromatic carbocycles. The van der Waals surface area contributed by atoms with E-state index in [9.17, 15) is 0 Å². The lowest BCUT2D eigenvalue weighted by atomic mass is 10.0. The Morgan fingerprint density at radius 3 is 2.59 bits per heavy atom. The van der Waals surface area contributed by atoms with Crippen LogP contribution in [0.3, 0.4) is 0 Å². The molecule has 0 aliphatic carbocycles. The third-order valence-electron chi connectivity index (χ3n) is 5.73. The SMILES string of the molecule is CCNC(=NCCCN1CCCCC1C)N1CCC(OCCCOC)CC1. The van der Waals surface area contributed by atoms with Gasteiger partial charge in [-0.25, -0.2) is 0 Å². The molecule has 1 atom stereocenters. The average molecular weight is 383 g/mol. The lowest BCUT2D eigenvalue weighted by Crippen LogP contribution is -2.47. The highest BCUT2D eigenvalue weighted by Crippen LogP contribution is 2.17. The predicted octanol–water partition coefficient (Wildman–Crippen LogP) is 2.73. The molecule has 1 N–H and O–H groups in total. The first-order chi connectivity index (χ1) is 13.2. The molecule has 0 saturated carbocycles. The van der Waals surface area contributed by atoms with Crippen LogP contribution in [-0.2, 0) is 9.47 Å². The Balaban J connectivity index is 1.68. The first kappa shape index (κ1) is 22.4. The molecule has 27 heavy (non-hydrogen) atoms. The summed E-state index contributed by atoms with van der Waals surface area (Å²) in [7, 11) is 1.74. The quantitative estimate of drug-likeness (QED) is 0.358. The van der Waals surface area contributed by atoms with E-state index in [1.807, 2.05) is 0 Å². The van der Waals surface area contributed by atoms with Gasteiger partial charge in [0, 0.05) is 59.1 Å². The van der Waals surface area contributed by atoms with E-state index in [4.69, 9.17) is 14.5 Å². The van der Waals surface area contributed by atoms with Crippen LogP contribution in [0.25, 0.3) is 0 Å². The van der Waals surface area contributed by atoms with Crippen molar-refractivity contribution in [1.82, 2.24) is 15.1 Å². The smallest absolute Gasteiger partial charge is 0.193 e.